The molecule has 4 rings (SSSR count). The molecule has 3 aromatic rings. The minimum Gasteiger partial charge on any atom is -0.352 e. The summed E-state index contributed by atoms with van der Waals surface area (Å²) < 4.78 is 11.6. The lowest BCUT2D eigenvalue weighted by Gasteiger charge is -2.31. The number of aromatic amines is 1. The smallest absolute Gasteiger partial charge is 0.180 e. The van der Waals surface area contributed by atoms with E-state index in [1.807, 2.05) is 6.07 Å². The highest BCUT2D eigenvalue weighted by molar-refractivity contribution is 7.85. The zero-order valence-corrected chi connectivity index (χ0v) is 14.1. The minimum absolute atomic E-state index is 0.462. The SMILES string of the molecule is N#CC1(Nc2ccnc(-c3ncnc4[nH]ccc34)n2)CCS(=O)CC1. The van der Waals surface area contributed by atoms with Crippen LogP contribution in [-0.2, 0) is 10.8 Å². The zero-order valence-electron chi connectivity index (χ0n) is 13.3. The fourth-order valence-electron chi connectivity index (χ4n) is 2.91. The molecule has 1 saturated heterocycles. The van der Waals surface area contributed by atoms with Crippen LogP contribution in [0.1, 0.15) is 12.8 Å². The molecule has 9 heteroatoms. The molecule has 4 heterocycles. The van der Waals surface area contributed by atoms with Gasteiger partial charge in [0.25, 0.3) is 0 Å². The van der Waals surface area contributed by atoms with E-state index in [-0.39, 0.29) is 0 Å². The molecular weight excluding hydrogens is 338 g/mol. The number of H-pyrrole nitrogens is 1. The average molecular weight is 353 g/mol. The van der Waals surface area contributed by atoms with E-state index in [2.05, 4.69) is 36.3 Å². The number of nitriles is 1. The first kappa shape index (κ1) is 15.7. The molecule has 0 radical (unpaired) electrons. The summed E-state index contributed by atoms with van der Waals surface area (Å²) in [5, 5.41) is 13.7. The fraction of sp³-hybridized carbons (Fsp3) is 0.312. The summed E-state index contributed by atoms with van der Waals surface area (Å²) in [5.41, 5.74) is 0.607. The largest absolute Gasteiger partial charge is 0.352 e. The molecule has 2 N–H and O–H groups in total. The van der Waals surface area contributed by atoms with Crippen molar-refractivity contribution in [2.24, 2.45) is 0 Å². The molecule has 8 nitrogen and oxygen atoms in total. The number of hydrogen-bond donors (Lipinski definition) is 2. The van der Waals surface area contributed by atoms with E-state index in [1.165, 1.54) is 6.33 Å². The van der Waals surface area contributed by atoms with Gasteiger partial charge in [-0.05, 0) is 25.0 Å². The van der Waals surface area contributed by atoms with Crippen LogP contribution in [0.2, 0.25) is 0 Å². The highest BCUT2D eigenvalue weighted by atomic mass is 32.2. The second-order valence-corrected chi connectivity index (χ2v) is 7.59. The van der Waals surface area contributed by atoms with Crippen molar-refractivity contribution in [2.75, 3.05) is 16.8 Å². The molecule has 25 heavy (non-hydrogen) atoms. The first-order valence-corrected chi connectivity index (χ1v) is 9.34. The molecule has 0 atom stereocenters. The van der Waals surface area contributed by atoms with Crippen LogP contribution < -0.4 is 5.32 Å². The van der Waals surface area contributed by atoms with Gasteiger partial charge in [-0.3, -0.25) is 4.21 Å². The van der Waals surface area contributed by atoms with E-state index in [1.54, 1.807) is 18.5 Å². The molecule has 1 aliphatic heterocycles. The van der Waals surface area contributed by atoms with Crippen LogP contribution in [0.15, 0.2) is 30.9 Å². The van der Waals surface area contributed by atoms with Crippen molar-refractivity contribution in [3.8, 4) is 17.6 Å². The predicted molar refractivity (Wildman–Crippen MR) is 94.0 cm³/mol. The average Bonchev–Trinajstić information content (AvgIpc) is 3.13. The van der Waals surface area contributed by atoms with E-state index >= 15 is 0 Å². The van der Waals surface area contributed by atoms with Gasteiger partial charge in [0.05, 0.1) is 6.07 Å². The molecule has 3 aromatic heterocycles. The summed E-state index contributed by atoms with van der Waals surface area (Å²) in [6, 6.07) is 5.94. The third kappa shape index (κ3) is 2.96. The first-order valence-electron chi connectivity index (χ1n) is 7.85. The Balaban J connectivity index is 1.67. The maximum absolute atomic E-state index is 11.6. The molecule has 1 aliphatic rings. The molecule has 126 valence electrons. The van der Waals surface area contributed by atoms with E-state index in [4.69, 9.17) is 0 Å². The maximum atomic E-state index is 11.6. The van der Waals surface area contributed by atoms with E-state index in [9.17, 15) is 9.47 Å². The van der Waals surface area contributed by atoms with Crippen molar-refractivity contribution in [3.05, 3.63) is 30.9 Å². The summed E-state index contributed by atoms with van der Waals surface area (Å²) in [6.07, 6.45) is 5.95. The molecule has 0 unspecified atom stereocenters. The monoisotopic (exact) mass is 353 g/mol. The maximum Gasteiger partial charge on any atom is 0.180 e. The van der Waals surface area contributed by atoms with Crippen molar-refractivity contribution < 1.29 is 4.21 Å². The number of nitrogens with one attached hydrogen (secondary N) is 2. The summed E-state index contributed by atoms with van der Waals surface area (Å²) in [4.78, 5) is 20.3. The van der Waals surface area contributed by atoms with Crippen LogP contribution in [0, 0.1) is 11.3 Å². The van der Waals surface area contributed by atoms with Gasteiger partial charge >= 0.3 is 0 Å². The Hall–Kier alpha value is -2.86. The third-order valence-electron chi connectivity index (χ3n) is 4.32. The number of nitrogens with zero attached hydrogens (tertiary/aromatic N) is 5. The van der Waals surface area contributed by atoms with Crippen molar-refractivity contribution in [1.82, 2.24) is 24.9 Å². The Morgan fingerprint density at radius 2 is 2.08 bits per heavy atom. The topological polar surface area (TPSA) is 120 Å². The van der Waals surface area contributed by atoms with Crippen molar-refractivity contribution >= 4 is 27.7 Å². The van der Waals surface area contributed by atoms with Gasteiger partial charge in [-0.2, -0.15) is 5.26 Å². The van der Waals surface area contributed by atoms with Crippen molar-refractivity contribution in [1.29, 1.82) is 5.26 Å². The summed E-state index contributed by atoms with van der Waals surface area (Å²) in [5.74, 6) is 2.06. The van der Waals surface area contributed by atoms with E-state index in [0.717, 1.165) is 11.0 Å². The van der Waals surface area contributed by atoms with Crippen molar-refractivity contribution in [2.45, 2.75) is 18.4 Å². The van der Waals surface area contributed by atoms with Gasteiger partial charge in [-0.15, -0.1) is 0 Å². The second-order valence-electron chi connectivity index (χ2n) is 5.89. The van der Waals surface area contributed by atoms with Crippen LogP contribution in [0.3, 0.4) is 0 Å². The molecule has 0 aromatic carbocycles. The summed E-state index contributed by atoms with van der Waals surface area (Å²) in [6.45, 7) is 0. The van der Waals surface area contributed by atoms with Gasteiger partial charge in [0.1, 0.15) is 29.0 Å². The summed E-state index contributed by atoms with van der Waals surface area (Å²) >= 11 is 0. The number of aromatic nitrogens is 5. The van der Waals surface area contributed by atoms with Gasteiger partial charge in [-0.1, -0.05) is 0 Å². The first-order chi connectivity index (χ1) is 12.2. The van der Waals surface area contributed by atoms with Gasteiger partial charge in [0.2, 0.25) is 0 Å². The Bertz CT molecular complexity index is 983. The van der Waals surface area contributed by atoms with Crippen LogP contribution >= 0.6 is 0 Å². The van der Waals surface area contributed by atoms with Crippen LogP contribution in [-0.4, -0.2) is 46.2 Å². The molecule has 1 fully saturated rings. The van der Waals surface area contributed by atoms with Crippen LogP contribution in [0.5, 0.6) is 0 Å². The number of fused-ring (bicyclic) bond motifs is 1. The van der Waals surface area contributed by atoms with Crippen LogP contribution in [0.25, 0.3) is 22.6 Å². The van der Waals surface area contributed by atoms with E-state index < -0.39 is 16.3 Å². The third-order valence-corrected chi connectivity index (χ3v) is 5.63. The molecule has 0 spiro atoms. The molecular formula is C16H15N7OS. The normalized spacial score (nSPS) is 23.2. The Morgan fingerprint density at radius 3 is 2.88 bits per heavy atom. The van der Waals surface area contributed by atoms with Gasteiger partial charge in [-0.25, -0.2) is 19.9 Å². The molecule has 0 amide bonds. The van der Waals surface area contributed by atoms with Crippen molar-refractivity contribution in [3.63, 3.8) is 0 Å². The molecule has 0 aliphatic carbocycles. The van der Waals surface area contributed by atoms with Crippen LogP contribution in [0.4, 0.5) is 5.82 Å². The zero-order chi connectivity index (χ0) is 17.3. The quantitative estimate of drug-likeness (QED) is 0.734. The number of rotatable bonds is 3. The standard InChI is InChI=1S/C16H15N7OS/c17-9-16(3-7-25(24)8-4-16)23-12-2-6-19-15(22-12)13-11-1-5-18-14(11)21-10-20-13/h1-2,5-6,10H,3-4,7-8H2,(H,18,20,21)(H,19,22,23). The number of anilines is 1. The number of hydrogen-bond acceptors (Lipinski definition) is 7. The van der Waals surface area contributed by atoms with Gasteiger partial charge in [0, 0.05) is 40.1 Å². The Kier molecular flexibility index (Phi) is 3.89. The minimum atomic E-state index is -0.836. The predicted octanol–water partition coefficient (Wildman–Crippen LogP) is 1.63. The van der Waals surface area contributed by atoms with E-state index in [0.29, 0.717) is 41.7 Å². The molecule has 0 bridgehead atoms. The lowest BCUT2D eigenvalue weighted by molar-refractivity contribution is 0.529. The Labute approximate surface area is 146 Å². The molecule has 0 saturated carbocycles. The second kappa shape index (κ2) is 6.22. The lowest BCUT2D eigenvalue weighted by atomic mass is 9.94. The highest BCUT2D eigenvalue weighted by Crippen LogP contribution is 2.27. The van der Waals surface area contributed by atoms with Gasteiger partial charge in [0.15, 0.2) is 5.82 Å². The summed E-state index contributed by atoms with van der Waals surface area (Å²) in [7, 11) is -0.836. The fourth-order valence-corrected chi connectivity index (χ4v) is 4.26. The van der Waals surface area contributed by atoms with Gasteiger partial charge < -0.3 is 10.3 Å². The highest BCUT2D eigenvalue weighted by Gasteiger charge is 2.34. The Morgan fingerprint density at radius 1 is 1.24 bits per heavy atom. The lowest BCUT2D eigenvalue weighted by Crippen LogP contribution is -2.43.